The first-order valence-electron chi connectivity index (χ1n) is 6.12. The summed E-state index contributed by atoms with van der Waals surface area (Å²) in [6, 6.07) is 0. The topological polar surface area (TPSA) is 82.8 Å². The lowest BCUT2D eigenvalue weighted by molar-refractivity contribution is 0.0691. The Hall–Kier alpha value is -1.69. The van der Waals surface area contributed by atoms with Gasteiger partial charge in [-0.25, -0.2) is 9.59 Å². The maximum Gasteiger partial charge on any atom is 0.407 e. The van der Waals surface area contributed by atoms with Crippen LogP contribution in [0.4, 0.5) is 4.79 Å². The number of fused-ring (bicyclic) bond motifs is 1. The standard InChI is InChI=1S/C12H13ClN2O4/c13-9-8(11(16)17)7-5-14(12(18)19)3-4-15(7)10(9)6-1-2-6/h6H,1-5H2,(H,16,17)(H,18,19). The van der Waals surface area contributed by atoms with Gasteiger partial charge < -0.3 is 19.7 Å². The van der Waals surface area contributed by atoms with Crippen molar-refractivity contribution < 1.29 is 19.8 Å². The minimum Gasteiger partial charge on any atom is -0.478 e. The number of amides is 1. The van der Waals surface area contributed by atoms with E-state index in [0.717, 1.165) is 18.5 Å². The van der Waals surface area contributed by atoms with Crippen LogP contribution in [0.2, 0.25) is 5.02 Å². The van der Waals surface area contributed by atoms with Crippen molar-refractivity contribution in [2.45, 2.75) is 31.8 Å². The van der Waals surface area contributed by atoms with Crippen molar-refractivity contribution in [2.24, 2.45) is 0 Å². The SMILES string of the molecule is O=C(O)c1c(Cl)c(C2CC2)n2c1CN(C(=O)O)CC2. The molecule has 0 spiro atoms. The molecule has 2 N–H and O–H groups in total. The van der Waals surface area contributed by atoms with Crippen LogP contribution in [-0.4, -0.2) is 38.3 Å². The number of halogens is 1. The number of aromatic carboxylic acids is 1. The summed E-state index contributed by atoms with van der Waals surface area (Å²) in [5.41, 5.74) is 1.45. The number of aromatic nitrogens is 1. The van der Waals surface area contributed by atoms with Crippen molar-refractivity contribution in [3.05, 3.63) is 22.0 Å². The molecule has 3 rings (SSSR count). The molecule has 1 aliphatic carbocycles. The van der Waals surface area contributed by atoms with E-state index in [1.807, 2.05) is 4.57 Å². The zero-order valence-electron chi connectivity index (χ0n) is 10.1. The average Bonchev–Trinajstić information content (AvgIpc) is 3.11. The van der Waals surface area contributed by atoms with Gasteiger partial charge in [-0.15, -0.1) is 0 Å². The predicted octanol–water partition coefficient (Wildman–Crippen LogP) is 2.21. The summed E-state index contributed by atoms with van der Waals surface area (Å²) in [5, 5.41) is 18.6. The van der Waals surface area contributed by atoms with Gasteiger partial charge in [-0.1, -0.05) is 11.6 Å². The smallest absolute Gasteiger partial charge is 0.407 e. The molecule has 2 aliphatic rings. The van der Waals surface area contributed by atoms with Crippen LogP contribution in [0.3, 0.4) is 0 Å². The molecule has 7 heteroatoms. The highest BCUT2D eigenvalue weighted by atomic mass is 35.5. The van der Waals surface area contributed by atoms with Crippen LogP contribution in [0.5, 0.6) is 0 Å². The Labute approximate surface area is 114 Å². The normalized spacial score (nSPS) is 18.3. The number of carbonyl (C=O) groups is 2. The van der Waals surface area contributed by atoms with Crippen molar-refractivity contribution >= 4 is 23.7 Å². The van der Waals surface area contributed by atoms with Gasteiger partial charge in [-0.05, 0) is 12.8 Å². The van der Waals surface area contributed by atoms with E-state index in [1.165, 1.54) is 4.90 Å². The van der Waals surface area contributed by atoms with Gasteiger partial charge in [-0.2, -0.15) is 0 Å². The van der Waals surface area contributed by atoms with Gasteiger partial charge in [0.2, 0.25) is 0 Å². The van der Waals surface area contributed by atoms with Gasteiger partial charge >= 0.3 is 12.1 Å². The van der Waals surface area contributed by atoms with Crippen molar-refractivity contribution in [1.82, 2.24) is 9.47 Å². The predicted molar refractivity (Wildman–Crippen MR) is 66.8 cm³/mol. The molecule has 1 aromatic heterocycles. The molecule has 19 heavy (non-hydrogen) atoms. The highest BCUT2D eigenvalue weighted by Crippen LogP contribution is 2.46. The fraction of sp³-hybridized carbons (Fsp3) is 0.500. The summed E-state index contributed by atoms with van der Waals surface area (Å²) < 4.78 is 1.91. The molecule has 1 aromatic rings. The Morgan fingerprint density at radius 2 is 1.89 bits per heavy atom. The van der Waals surface area contributed by atoms with E-state index in [0.29, 0.717) is 24.7 Å². The maximum absolute atomic E-state index is 11.4. The molecule has 1 fully saturated rings. The molecule has 0 bridgehead atoms. The third-order valence-electron chi connectivity index (χ3n) is 3.73. The molecular weight excluding hydrogens is 272 g/mol. The highest BCUT2D eigenvalue weighted by Gasteiger charge is 2.37. The van der Waals surface area contributed by atoms with Crippen molar-refractivity contribution in [2.75, 3.05) is 6.54 Å². The first-order valence-corrected chi connectivity index (χ1v) is 6.50. The zero-order chi connectivity index (χ0) is 13.7. The molecule has 102 valence electrons. The molecule has 0 aromatic carbocycles. The lowest BCUT2D eigenvalue weighted by atomic mass is 10.2. The van der Waals surface area contributed by atoms with Gasteiger partial charge in [0.25, 0.3) is 0 Å². The van der Waals surface area contributed by atoms with Crippen LogP contribution < -0.4 is 0 Å². The number of hydrogen-bond acceptors (Lipinski definition) is 2. The van der Waals surface area contributed by atoms with E-state index in [-0.39, 0.29) is 17.1 Å². The Bertz CT molecular complexity index is 577. The first-order chi connectivity index (χ1) is 9.00. The van der Waals surface area contributed by atoms with Crippen LogP contribution >= 0.6 is 11.6 Å². The molecule has 0 atom stereocenters. The molecule has 6 nitrogen and oxygen atoms in total. The highest BCUT2D eigenvalue weighted by molar-refractivity contribution is 6.34. The molecule has 1 amide bonds. The molecular formula is C12H13ClN2O4. The van der Waals surface area contributed by atoms with Gasteiger partial charge in [0, 0.05) is 24.7 Å². The van der Waals surface area contributed by atoms with Crippen molar-refractivity contribution in [3.8, 4) is 0 Å². The molecule has 0 radical (unpaired) electrons. The van der Waals surface area contributed by atoms with Crippen LogP contribution in [0, 0.1) is 0 Å². The minimum absolute atomic E-state index is 0.0644. The lowest BCUT2D eigenvalue weighted by Gasteiger charge is -2.27. The monoisotopic (exact) mass is 284 g/mol. The summed E-state index contributed by atoms with van der Waals surface area (Å²) in [5.74, 6) is -0.761. The van der Waals surface area contributed by atoms with Crippen molar-refractivity contribution in [3.63, 3.8) is 0 Å². The molecule has 1 saturated carbocycles. The van der Waals surface area contributed by atoms with Crippen LogP contribution in [0.15, 0.2) is 0 Å². The van der Waals surface area contributed by atoms with Crippen molar-refractivity contribution in [1.29, 1.82) is 0 Å². The quantitative estimate of drug-likeness (QED) is 0.872. The van der Waals surface area contributed by atoms with Gasteiger partial charge in [0.1, 0.15) is 5.56 Å². The number of carboxylic acids is 1. The molecule has 0 unspecified atom stereocenters. The van der Waals surface area contributed by atoms with E-state index in [2.05, 4.69) is 0 Å². The van der Waals surface area contributed by atoms with E-state index in [9.17, 15) is 14.7 Å². The number of rotatable bonds is 2. The van der Waals surface area contributed by atoms with Gasteiger partial charge in [-0.3, -0.25) is 0 Å². The second-order valence-corrected chi connectivity index (χ2v) is 5.33. The largest absolute Gasteiger partial charge is 0.478 e. The third-order valence-corrected chi connectivity index (χ3v) is 4.11. The minimum atomic E-state index is -1.09. The fourth-order valence-electron chi connectivity index (χ4n) is 2.69. The number of hydrogen-bond donors (Lipinski definition) is 2. The van der Waals surface area contributed by atoms with E-state index < -0.39 is 12.1 Å². The maximum atomic E-state index is 11.4. The van der Waals surface area contributed by atoms with E-state index >= 15 is 0 Å². The molecule has 0 saturated heterocycles. The fourth-order valence-corrected chi connectivity index (χ4v) is 3.14. The summed E-state index contributed by atoms with van der Waals surface area (Å²) in [4.78, 5) is 23.6. The summed E-state index contributed by atoms with van der Waals surface area (Å²) in [6.45, 7) is 0.927. The van der Waals surface area contributed by atoms with Gasteiger partial charge in [0.15, 0.2) is 0 Å². The average molecular weight is 285 g/mol. The lowest BCUT2D eigenvalue weighted by Crippen LogP contribution is -2.38. The molecule has 2 heterocycles. The summed E-state index contributed by atoms with van der Waals surface area (Å²) in [7, 11) is 0. The number of carboxylic acid groups (broad SMARTS) is 2. The Balaban J connectivity index is 2.11. The summed E-state index contributed by atoms with van der Waals surface area (Å²) >= 11 is 6.21. The third kappa shape index (κ3) is 1.87. The van der Waals surface area contributed by atoms with Crippen LogP contribution in [-0.2, 0) is 13.1 Å². The summed E-state index contributed by atoms with van der Waals surface area (Å²) in [6.07, 6.45) is 1.00. The number of nitrogens with zero attached hydrogens (tertiary/aromatic N) is 2. The Morgan fingerprint density at radius 1 is 1.21 bits per heavy atom. The Morgan fingerprint density at radius 3 is 2.42 bits per heavy atom. The first kappa shape index (κ1) is 12.3. The van der Waals surface area contributed by atoms with Gasteiger partial charge in [0.05, 0.1) is 17.3 Å². The second-order valence-electron chi connectivity index (χ2n) is 4.96. The van der Waals surface area contributed by atoms with Crippen LogP contribution in [0.1, 0.15) is 40.5 Å². The Kier molecular flexibility index (Phi) is 2.70. The van der Waals surface area contributed by atoms with E-state index in [1.54, 1.807) is 0 Å². The second kappa shape index (κ2) is 4.16. The van der Waals surface area contributed by atoms with E-state index in [4.69, 9.17) is 16.7 Å². The molecule has 1 aliphatic heterocycles. The van der Waals surface area contributed by atoms with Crippen LogP contribution in [0.25, 0.3) is 0 Å². The zero-order valence-corrected chi connectivity index (χ0v) is 10.9.